The van der Waals surface area contributed by atoms with Gasteiger partial charge in [0.1, 0.15) is 12.3 Å². The molecule has 0 radical (unpaired) electrons. The standard InChI is InChI=1S/C13H19NO5S/c1-10(2)8-14(9-13(15)16)20(17,18)12-6-4-11(19-3)5-7-12/h4-7,10H,8-9H2,1-3H3,(H,15,16). The van der Waals surface area contributed by atoms with E-state index in [4.69, 9.17) is 9.84 Å². The van der Waals surface area contributed by atoms with E-state index in [1.165, 1.54) is 31.4 Å². The zero-order valence-corrected chi connectivity index (χ0v) is 12.6. The number of rotatable bonds is 7. The average Bonchev–Trinajstić information content (AvgIpc) is 2.37. The Morgan fingerprint density at radius 3 is 2.25 bits per heavy atom. The molecule has 0 spiro atoms. The second-order valence-corrected chi connectivity index (χ2v) is 6.70. The summed E-state index contributed by atoms with van der Waals surface area (Å²) in [7, 11) is -2.33. The van der Waals surface area contributed by atoms with Crippen LogP contribution in [0, 0.1) is 5.92 Å². The molecule has 7 heteroatoms. The molecule has 0 amide bonds. The first kappa shape index (κ1) is 16.5. The summed E-state index contributed by atoms with van der Waals surface area (Å²) in [4.78, 5) is 10.9. The first-order valence-corrected chi connectivity index (χ1v) is 7.57. The Kier molecular flexibility index (Phi) is 5.52. The van der Waals surface area contributed by atoms with Gasteiger partial charge in [0.15, 0.2) is 0 Å². The first-order valence-electron chi connectivity index (χ1n) is 6.13. The van der Waals surface area contributed by atoms with Crippen molar-refractivity contribution in [2.75, 3.05) is 20.2 Å². The number of aliphatic carboxylic acids is 1. The highest BCUT2D eigenvalue weighted by Gasteiger charge is 2.27. The minimum absolute atomic E-state index is 0.0300. The Hall–Kier alpha value is -1.60. The molecule has 0 aliphatic carbocycles. The summed E-state index contributed by atoms with van der Waals surface area (Å²) >= 11 is 0. The summed E-state index contributed by atoms with van der Waals surface area (Å²) in [6.07, 6.45) is 0. The third-order valence-electron chi connectivity index (χ3n) is 2.58. The van der Waals surface area contributed by atoms with Crippen molar-refractivity contribution in [1.29, 1.82) is 0 Å². The molecule has 1 aromatic carbocycles. The molecule has 0 aromatic heterocycles. The molecule has 0 saturated carbocycles. The Bertz CT molecular complexity index is 551. The van der Waals surface area contributed by atoms with Crippen molar-refractivity contribution in [3.8, 4) is 5.75 Å². The highest BCUT2D eigenvalue weighted by Crippen LogP contribution is 2.20. The van der Waals surface area contributed by atoms with Gasteiger partial charge in [0.2, 0.25) is 10.0 Å². The van der Waals surface area contributed by atoms with Gasteiger partial charge in [-0.3, -0.25) is 4.79 Å². The summed E-state index contributed by atoms with van der Waals surface area (Å²) in [5, 5.41) is 8.86. The average molecular weight is 301 g/mol. The molecular formula is C13H19NO5S. The van der Waals surface area contributed by atoms with Crippen LogP contribution >= 0.6 is 0 Å². The van der Waals surface area contributed by atoms with Gasteiger partial charge >= 0.3 is 5.97 Å². The second-order valence-electron chi connectivity index (χ2n) is 4.76. The van der Waals surface area contributed by atoms with Gasteiger partial charge in [-0.15, -0.1) is 0 Å². The van der Waals surface area contributed by atoms with Crippen LogP contribution < -0.4 is 4.74 Å². The van der Waals surface area contributed by atoms with Gasteiger partial charge in [-0.05, 0) is 30.2 Å². The molecule has 0 aliphatic rings. The number of hydrogen-bond acceptors (Lipinski definition) is 4. The minimum atomic E-state index is -3.82. The fourth-order valence-corrected chi connectivity index (χ4v) is 3.26. The van der Waals surface area contributed by atoms with Crippen LogP contribution in [0.5, 0.6) is 5.75 Å². The van der Waals surface area contributed by atoms with Crippen molar-refractivity contribution in [1.82, 2.24) is 4.31 Å². The molecule has 0 bridgehead atoms. The van der Waals surface area contributed by atoms with Crippen LogP contribution in [0.25, 0.3) is 0 Å². The van der Waals surface area contributed by atoms with Crippen molar-refractivity contribution >= 4 is 16.0 Å². The van der Waals surface area contributed by atoms with Gasteiger partial charge < -0.3 is 9.84 Å². The van der Waals surface area contributed by atoms with E-state index in [0.717, 1.165) is 4.31 Å². The normalized spacial score (nSPS) is 11.8. The van der Waals surface area contributed by atoms with E-state index in [0.29, 0.717) is 5.75 Å². The molecular weight excluding hydrogens is 282 g/mol. The fourth-order valence-electron chi connectivity index (χ4n) is 1.70. The smallest absolute Gasteiger partial charge is 0.318 e. The van der Waals surface area contributed by atoms with Gasteiger partial charge in [-0.25, -0.2) is 8.42 Å². The van der Waals surface area contributed by atoms with Gasteiger partial charge in [-0.2, -0.15) is 4.31 Å². The minimum Gasteiger partial charge on any atom is -0.497 e. The van der Waals surface area contributed by atoms with E-state index in [9.17, 15) is 13.2 Å². The Morgan fingerprint density at radius 1 is 1.30 bits per heavy atom. The summed E-state index contributed by atoms with van der Waals surface area (Å²) in [5.74, 6) is -0.609. The molecule has 0 saturated heterocycles. The predicted molar refractivity (Wildman–Crippen MR) is 74.2 cm³/mol. The number of carbonyl (C=O) groups is 1. The largest absolute Gasteiger partial charge is 0.497 e. The van der Waals surface area contributed by atoms with Crippen molar-refractivity contribution < 1.29 is 23.1 Å². The lowest BCUT2D eigenvalue weighted by atomic mass is 10.2. The SMILES string of the molecule is COc1ccc(S(=O)(=O)N(CC(=O)O)CC(C)C)cc1. The highest BCUT2D eigenvalue weighted by atomic mass is 32.2. The van der Waals surface area contributed by atoms with Crippen molar-refractivity contribution in [2.24, 2.45) is 5.92 Å². The molecule has 0 aliphatic heterocycles. The molecule has 0 atom stereocenters. The lowest BCUT2D eigenvalue weighted by Crippen LogP contribution is -2.38. The maximum absolute atomic E-state index is 12.4. The van der Waals surface area contributed by atoms with Crippen LogP contribution in [0.15, 0.2) is 29.2 Å². The number of carboxylic acid groups (broad SMARTS) is 1. The highest BCUT2D eigenvalue weighted by molar-refractivity contribution is 7.89. The van der Waals surface area contributed by atoms with Crippen molar-refractivity contribution in [3.63, 3.8) is 0 Å². The van der Waals surface area contributed by atoms with Crippen LogP contribution in [-0.4, -0.2) is 44.0 Å². The van der Waals surface area contributed by atoms with E-state index >= 15 is 0 Å². The third-order valence-corrected chi connectivity index (χ3v) is 4.40. The molecule has 6 nitrogen and oxygen atoms in total. The van der Waals surface area contributed by atoms with Gasteiger partial charge in [-0.1, -0.05) is 13.8 Å². The molecule has 0 unspecified atom stereocenters. The number of sulfonamides is 1. The number of ether oxygens (including phenoxy) is 1. The van der Waals surface area contributed by atoms with Crippen molar-refractivity contribution in [2.45, 2.75) is 18.7 Å². The van der Waals surface area contributed by atoms with Crippen molar-refractivity contribution in [3.05, 3.63) is 24.3 Å². The van der Waals surface area contributed by atoms with E-state index in [1.54, 1.807) is 0 Å². The molecule has 0 heterocycles. The predicted octanol–water partition coefficient (Wildman–Crippen LogP) is 1.43. The second kappa shape index (κ2) is 6.71. The lowest BCUT2D eigenvalue weighted by molar-refractivity contribution is -0.137. The Morgan fingerprint density at radius 2 is 1.85 bits per heavy atom. The molecule has 1 aromatic rings. The summed E-state index contributed by atoms with van der Waals surface area (Å²) in [6, 6.07) is 5.87. The molecule has 1 N–H and O–H groups in total. The quantitative estimate of drug-likeness (QED) is 0.823. The summed E-state index contributed by atoms with van der Waals surface area (Å²) in [6.45, 7) is 3.27. The van der Waals surface area contributed by atoms with E-state index < -0.39 is 22.5 Å². The summed E-state index contributed by atoms with van der Waals surface area (Å²) in [5.41, 5.74) is 0. The van der Waals surface area contributed by atoms with Gasteiger partial charge in [0.25, 0.3) is 0 Å². The van der Waals surface area contributed by atoms with Crippen LogP contribution in [0.4, 0.5) is 0 Å². The number of methoxy groups -OCH3 is 1. The number of nitrogens with zero attached hydrogens (tertiary/aromatic N) is 1. The third kappa shape index (κ3) is 4.21. The topological polar surface area (TPSA) is 83.9 Å². The van der Waals surface area contributed by atoms with E-state index in [1.807, 2.05) is 13.8 Å². The van der Waals surface area contributed by atoms with Crippen LogP contribution in [0.3, 0.4) is 0 Å². The number of hydrogen-bond donors (Lipinski definition) is 1. The van der Waals surface area contributed by atoms with E-state index in [2.05, 4.69) is 0 Å². The molecule has 20 heavy (non-hydrogen) atoms. The molecule has 112 valence electrons. The molecule has 0 fully saturated rings. The van der Waals surface area contributed by atoms with Crippen LogP contribution in [-0.2, 0) is 14.8 Å². The number of carboxylic acids is 1. The lowest BCUT2D eigenvalue weighted by Gasteiger charge is -2.22. The Balaban J connectivity index is 3.10. The fraction of sp³-hybridized carbons (Fsp3) is 0.462. The number of benzene rings is 1. The Labute approximate surface area is 119 Å². The van der Waals surface area contributed by atoms with Gasteiger partial charge in [0, 0.05) is 6.54 Å². The summed E-state index contributed by atoms with van der Waals surface area (Å²) < 4.78 is 30.8. The molecule has 1 rings (SSSR count). The van der Waals surface area contributed by atoms with E-state index in [-0.39, 0.29) is 17.4 Å². The first-order chi connectivity index (χ1) is 9.27. The zero-order chi connectivity index (χ0) is 15.3. The maximum Gasteiger partial charge on any atom is 0.318 e. The zero-order valence-electron chi connectivity index (χ0n) is 11.7. The van der Waals surface area contributed by atoms with Crippen LogP contribution in [0.1, 0.15) is 13.8 Å². The maximum atomic E-state index is 12.4. The van der Waals surface area contributed by atoms with Gasteiger partial charge in [0.05, 0.1) is 12.0 Å². The monoisotopic (exact) mass is 301 g/mol. The van der Waals surface area contributed by atoms with Crippen LogP contribution in [0.2, 0.25) is 0 Å².